The third kappa shape index (κ3) is 5.34. The molecule has 2 aromatic rings. The molecule has 29 heavy (non-hydrogen) atoms. The van der Waals surface area contributed by atoms with Crippen LogP contribution < -0.4 is 15.4 Å². The van der Waals surface area contributed by atoms with Crippen LogP contribution in [0.1, 0.15) is 38.1 Å². The van der Waals surface area contributed by atoms with Gasteiger partial charge in [-0.1, -0.05) is 24.3 Å². The highest BCUT2D eigenvalue weighted by molar-refractivity contribution is 6.15. The van der Waals surface area contributed by atoms with Crippen LogP contribution in [-0.4, -0.2) is 31.0 Å². The van der Waals surface area contributed by atoms with Crippen LogP contribution in [0.15, 0.2) is 48.5 Å². The molecule has 0 fully saturated rings. The second kappa shape index (κ2) is 9.23. The smallest absolute Gasteiger partial charge is 0.339 e. The van der Waals surface area contributed by atoms with Crippen molar-refractivity contribution in [2.45, 2.75) is 33.8 Å². The van der Waals surface area contributed by atoms with Crippen molar-refractivity contribution in [2.75, 3.05) is 17.7 Å². The summed E-state index contributed by atoms with van der Waals surface area (Å²) in [6, 6.07) is 13.5. The van der Waals surface area contributed by atoms with Crippen molar-refractivity contribution >= 4 is 29.2 Å². The fourth-order valence-corrected chi connectivity index (χ4v) is 2.47. The van der Waals surface area contributed by atoms with Crippen molar-refractivity contribution in [3.05, 3.63) is 54.1 Å². The number of carbonyl (C=O) groups is 3. The summed E-state index contributed by atoms with van der Waals surface area (Å²) in [5.74, 6) is -1.13. The molecule has 2 aromatic carbocycles. The first-order valence-corrected chi connectivity index (χ1v) is 9.22. The van der Waals surface area contributed by atoms with Crippen LogP contribution >= 0.6 is 0 Å². The van der Waals surface area contributed by atoms with E-state index in [2.05, 4.69) is 10.6 Å². The lowest BCUT2D eigenvalue weighted by atomic mass is 9.90. The Hall–Kier alpha value is -3.35. The van der Waals surface area contributed by atoms with Gasteiger partial charge in [0, 0.05) is 0 Å². The number of carbonyl (C=O) groups excluding carboxylic acids is 3. The van der Waals surface area contributed by atoms with Gasteiger partial charge in [0.15, 0.2) is 0 Å². The number of esters is 1. The van der Waals surface area contributed by atoms with Gasteiger partial charge in [0.1, 0.15) is 11.2 Å². The molecule has 0 heterocycles. The zero-order chi connectivity index (χ0) is 21.6. The van der Waals surface area contributed by atoms with E-state index in [-0.39, 0.29) is 17.4 Å². The maximum absolute atomic E-state index is 12.9. The molecule has 0 atom stereocenters. The van der Waals surface area contributed by atoms with Gasteiger partial charge in [0.05, 0.1) is 30.2 Å². The molecule has 0 spiro atoms. The van der Waals surface area contributed by atoms with Crippen LogP contribution in [0.2, 0.25) is 0 Å². The Morgan fingerprint density at radius 3 is 1.97 bits per heavy atom. The van der Waals surface area contributed by atoms with E-state index in [1.165, 1.54) is 27.0 Å². The van der Waals surface area contributed by atoms with Crippen molar-refractivity contribution in [1.82, 2.24) is 0 Å². The molecule has 0 radical (unpaired) electrons. The first kappa shape index (κ1) is 21.9. The van der Waals surface area contributed by atoms with Gasteiger partial charge in [-0.3, -0.25) is 9.59 Å². The Balaban J connectivity index is 2.20. The molecule has 0 saturated carbocycles. The van der Waals surface area contributed by atoms with E-state index in [4.69, 9.17) is 9.47 Å². The molecule has 2 N–H and O–H groups in total. The van der Waals surface area contributed by atoms with Gasteiger partial charge in [-0.2, -0.15) is 0 Å². The van der Waals surface area contributed by atoms with E-state index < -0.39 is 23.2 Å². The summed E-state index contributed by atoms with van der Waals surface area (Å²) < 4.78 is 10.4. The Morgan fingerprint density at radius 1 is 0.862 bits per heavy atom. The molecule has 0 aliphatic carbocycles. The fraction of sp³-hybridized carbons (Fsp3) is 0.318. The summed E-state index contributed by atoms with van der Waals surface area (Å²) in [4.78, 5) is 37.6. The monoisotopic (exact) mass is 398 g/mol. The van der Waals surface area contributed by atoms with Crippen LogP contribution in [-0.2, 0) is 14.3 Å². The summed E-state index contributed by atoms with van der Waals surface area (Å²) in [5.41, 5.74) is -0.472. The molecular weight excluding hydrogens is 372 g/mol. The predicted octanol–water partition coefficient (Wildman–Crippen LogP) is 3.86. The zero-order valence-electron chi connectivity index (χ0n) is 17.2. The molecule has 0 aliphatic heterocycles. The minimum absolute atomic E-state index is 0.0702. The molecule has 0 bridgehead atoms. The number of benzene rings is 2. The molecule has 0 unspecified atom stereocenters. The van der Waals surface area contributed by atoms with Crippen molar-refractivity contribution in [1.29, 1.82) is 0 Å². The molecule has 2 rings (SSSR count). The van der Waals surface area contributed by atoms with Gasteiger partial charge >= 0.3 is 5.97 Å². The number of amides is 2. The fourth-order valence-electron chi connectivity index (χ4n) is 2.47. The first-order chi connectivity index (χ1) is 13.7. The number of ether oxygens (including phenoxy) is 2. The molecular formula is C22H26N2O5. The zero-order valence-corrected chi connectivity index (χ0v) is 17.2. The van der Waals surface area contributed by atoms with E-state index >= 15 is 0 Å². The highest BCUT2D eigenvalue weighted by Crippen LogP contribution is 2.28. The average Bonchev–Trinajstić information content (AvgIpc) is 2.68. The first-order valence-electron chi connectivity index (χ1n) is 9.22. The topological polar surface area (TPSA) is 93.7 Å². The van der Waals surface area contributed by atoms with Gasteiger partial charge < -0.3 is 20.1 Å². The van der Waals surface area contributed by atoms with Gasteiger partial charge in [0.25, 0.3) is 0 Å². The number of hydrogen-bond donors (Lipinski definition) is 2. The highest BCUT2D eigenvalue weighted by atomic mass is 16.5. The molecule has 2 amide bonds. The summed E-state index contributed by atoms with van der Waals surface area (Å²) >= 11 is 0. The van der Waals surface area contributed by atoms with E-state index in [0.29, 0.717) is 11.4 Å². The normalized spacial score (nSPS) is 11.0. The Bertz CT molecular complexity index is 906. The molecule has 0 aromatic heterocycles. The van der Waals surface area contributed by atoms with Gasteiger partial charge in [-0.25, -0.2) is 4.79 Å². The highest BCUT2D eigenvalue weighted by Gasteiger charge is 2.37. The largest absolute Gasteiger partial charge is 0.489 e. The number of anilines is 2. The van der Waals surface area contributed by atoms with Gasteiger partial charge in [0.2, 0.25) is 11.8 Å². The predicted molar refractivity (Wildman–Crippen MR) is 111 cm³/mol. The summed E-state index contributed by atoms with van der Waals surface area (Å²) in [6.07, 6.45) is -0.0702. The summed E-state index contributed by atoms with van der Waals surface area (Å²) in [5, 5.41) is 5.40. The molecule has 0 saturated heterocycles. The average molecular weight is 398 g/mol. The molecule has 154 valence electrons. The summed E-state index contributed by atoms with van der Waals surface area (Å²) in [7, 11) is 1.26. The third-order valence-electron chi connectivity index (χ3n) is 4.21. The second-order valence-corrected chi connectivity index (χ2v) is 7.23. The lowest BCUT2D eigenvalue weighted by Gasteiger charge is -2.24. The number of methoxy groups -OCH3 is 1. The van der Waals surface area contributed by atoms with Crippen molar-refractivity contribution in [2.24, 2.45) is 5.41 Å². The van der Waals surface area contributed by atoms with E-state index in [0.717, 1.165) is 0 Å². The maximum Gasteiger partial charge on any atom is 0.339 e. The maximum atomic E-state index is 12.9. The second-order valence-electron chi connectivity index (χ2n) is 7.23. The van der Waals surface area contributed by atoms with Crippen LogP contribution in [0, 0.1) is 5.41 Å². The minimum Gasteiger partial charge on any atom is -0.489 e. The number of rotatable bonds is 7. The van der Waals surface area contributed by atoms with Crippen molar-refractivity contribution in [3.63, 3.8) is 0 Å². The van der Waals surface area contributed by atoms with E-state index in [1.807, 2.05) is 13.8 Å². The standard InChI is InChI=1S/C22H26N2O5/c1-14(2)29-18-13-9-8-12-17(18)24-21(27)22(3,4)20(26)23-16-11-7-6-10-15(16)19(25)28-5/h6-14H,1-5H3,(H,23,26)(H,24,27). The third-order valence-corrected chi connectivity index (χ3v) is 4.21. The van der Waals surface area contributed by atoms with Crippen LogP contribution in [0.4, 0.5) is 11.4 Å². The number of nitrogens with one attached hydrogen (secondary N) is 2. The van der Waals surface area contributed by atoms with E-state index in [9.17, 15) is 14.4 Å². The van der Waals surface area contributed by atoms with Crippen LogP contribution in [0.25, 0.3) is 0 Å². The van der Waals surface area contributed by atoms with Gasteiger partial charge in [-0.15, -0.1) is 0 Å². The Labute approximate surface area is 170 Å². The van der Waals surface area contributed by atoms with Gasteiger partial charge in [-0.05, 0) is 52.0 Å². The van der Waals surface area contributed by atoms with Crippen LogP contribution in [0.3, 0.4) is 0 Å². The van der Waals surface area contributed by atoms with Crippen molar-refractivity contribution < 1.29 is 23.9 Å². The number of para-hydroxylation sites is 3. The molecule has 0 aliphatic rings. The SMILES string of the molecule is COC(=O)c1ccccc1NC(=O)C(C)(C)C(=O)Nc1ccccc1OC(C)C. The molecule has 7 heteroatoms. The Kier molecular flexibility index (Phi) is 6.98. The van der Waals surface area contributed by atoms with Crippen LogP contribution in [0.5, 0.6) is 5.75 Å². The van der Waals surface area contributed by atoms with E-state index in [1.54, 1.807) is 42.5 Å². The lowest BCUT2D eigenvalue weighted by Crippen LogP contribution is -2.42. The lowest BCUT2D eigenvalue weighted by molar-refractivity contribution is -0.135. The van der Waals surface area contributed by atoms with Crippen molar-refractivity contribution in [3.8, 4) is 5.75 Å². The number of hydrogen-bond acceptors (Lipinski definition) is 5. The minimum atomic E-state index is -1.42. The quantitative estimate of drug-likeness (QED) is 0.546. The summed E-state index contributed by atoms with van der Waals surface area (Å²) in [6.45, 7) is 6.78. The molecule has 7 nitrogen and oxygen atoms in total. The Morgan fingerprint density at radius 2 is 1.38 bits per heavy atom.